The molecule has 1 saturated heterocycles. The lowest BCUT2D eigenvalue weighted by molar-refractivity contribution is 0.193. The van der Waals surface area contributed by atoms with E-state index in [-0.39, 0.29) is 11.5 Å². The number of nitrogens with one attached hydrogen (secondary N) is 1. The van der Waals surface area contributed by atoms with Crippen molar-refractivity contribution in [3.8, 4) is 17.1 Å². The number of hydrogen-bond acceptors (Lipinski definition) is 5. The number of hydrogen-bond donors (Lipinski definition) is 1. The first-order valence-corrected chi connectivity index (χ1v) is 8.99. The lowest BCUT2D eigenvalue weighted by atomic mass is 10.1. The van der Waals surface area contributed by atoms with Crippen molar-refractivity contribution < 1.29 is 4.74 Å². The molecule has 0 radical (unpaired) electrons. The van der Waals surface area contributed by atoms with Crippen molar-refractivity contribution >= 4 is 0 Å². The third-order valence-corrected chi connectivity index (χ3v) is 4.94. The molecule has 5 rings (SSSR count). The van der Waals surface area contributed by atoms with Crippen LogP contribution in [0.25, 0.3) is 17.1 Å². The number of H-pyrrole nitrogens is 1. The van der Waals surface area contributed by atoms with Crippen LogP contribution in [0.2, 0.25) is 0 Å². The predicted octanol–water partition coefficient (Wildman–Crippen LogP) is 2.40. The lowest BCUT2D eigenvalue weighted by Gasteiger charge is -2.05. The third kappa shape index (κ3) is 2.74. The molecule has 0 unspecified atom stereocenters. The average molecular weight is 349 g/mol. The summed E-state index contributed by atoms with van der Waals surface area (Å²) < 4.78 is 7.21. The zero-order valence-corrected chi connectivity index (χ0v) is 14.3. The predicted molar refractivity (Wildman–Crippen MR) is 95.4 cm³/mol. The maximum Gasteiger partial charge on any atom is 0.261 e. The largest absolute Gasteiger partial charge is 0.381 e. The van der Waals surface area contributed by atoms with Crippen LogP contribution in [0.15, 0.2) is 41.3 Å². The van der Waals surface area contributed by atoms with Crippen LogP contribution < -0.4 is 5.56 Å². The van der Waals surface area contributed by atoms with Gasteiger partial charge in [0.05, 0.1) is 12.3 Å². The molecule has 1 aliphatic carbocycles. The molecule has 0 spiro atoms. The first-order valence-electron chi connectivity index (χ1n) is 8.99. The summed E-state index contributed by atoms with van der Waals surface area (Å²) in [6.07, 6.45) is 4.71. The summed E-state index contributed by atoms with van der Waals surface area (Å²) in [4.78, 5) is 24.8. The minimum atomic E-state index is -0.166. The van der Waals surface area contributed by atoms with Gasteiger partial charge in [-0.1, -0.05) is 18.2 Å². The molecule has 0 amide bonds. The van der Waals surface area contributed by atoms with Gasteiger partial charge in [0.15, 0.2) is 11.6 Å². The Morgan fingerprint density at radius 3 is 2.65 bits per heavy atom. The highest BCUT2D eigenvalue weighted by atomic mass is 16.5. The Morgan fingerprint density at radius 1 is 1.12 bits per heavy atom. The van der Waals surface area contributed by atoms with Crippen molar-refractivity contribution in [3.63, 3.8) is 0 Å². The molecular weight excluding hydrogens is 330 g/mol. The van der Waals surface area contributed by atoms with Crippen LogP contribution in [-0.2, 0) is 4.74 Å². The summed E-state index contributed by atoms with van der Waals surface area (Å²) in [6, 6.07) is 9.74. The Kier molecular flexibility index (Phi) is 3.67. The van der Waals surface area contributed by atoms with E-state index in [0.717, 1.165) is 37.4 Å². The molecule has 0 bridgehead atoms. The minimum absolute atomic E-state index is 0.163. The van der Waals surface area contributed by atoms with Crippen LogP contribution >= 0.6 is 0 Å². The molecule has 1 N–H and O–H groups in total. The monoisotopic (exact) mass is 349 g/mol. The Morgan fingerprint density at radius 2 is 1.96 bits per heavy atom. The van der Waals surface area contributed by atoms with E-state index in [9.17, 15) is 4.79 Å². The Bertz CT molecular complexity index is 985. The lowest BCUT2D eigenvalue weighted by Crippen LogP contribution is -2.15. The summed E-state index contributed by atoms with van der Waals surface area (Å²) in [5.74, 6) is 2.57. The third-order valence-electron chi connectivity index (χ3n) is 4.94. The molecule has 2 aromatic heterocycles. The second-order valence-corrected chi connectivity index (χ2v) is 6.89. The van der Waals surface area contributed by atoms with E-state index in [0.29, 0.717) is 29.7 Å². The van der Waals surface area contributed by atoms with Gasteiger partial charge in [-0.05, 0) is 31.4 Å². The standard InChI is InChI=1S/C19H19N5O2/c25-19-15(10-20-16(22-19)12-6-7-12)18-21-17(13-8-9-26-11-13)23-24(18)14-4-2-1-3-5-14/h1-5,10,12-13H,6-9,11H2,(H,20,22,25)/t13-/m1/s1. The minimum Gasteiger partial charge on any atom is -0.381 e. The van der Waals surface area contributed by atoms with Crippen LogP contribution in [0.1, 0.15) is 42.7 Å². The molecule has 7 nitrogen and oxygen atoms in total. The molecule has 2 aliphatic rings. The van der Waals surface area contributed by atoms with Crippen molar-refractivity contribution in [2.24, 2.45) is 0 Å². The maximum atomic E-state index is 12.7. The first-order chi connectivity index (χ1) is 12.8. The molecule has 7 heteroatoms. The zero-order valence-electron chi connectivity index (χ0n) is 14.3. The Labute approximate surface area is 150 Å². The van der Waals surface area contributed by atoms with Gasteiger partial charge in [-0.15, -0.1) is 0 Å². The fourth-order valence-electron chi connectivity index (χ4n) is 3.29. The van der Waals surface area contributed by atoms with Crippen molar-refractivity contribution in [1.82, 2.24) is 24.7 Å². The number of rotatable bonds is 4. The highest BCUT2D eigenvalue weighted by Crippen LogP contribution is 2.37. The van der Waals surface area contributed by atoms with Gasteiger partial charge in [0.1, 0.15) is 11.4 Å². The molecule has 1 saturated carbocycles. The van der Waals surface area contributed by atoms with E-state index in [1.165, 1.54) is 0 Å². The van der Waals surface area contributed by atoms with E-state index in [1.54, 1.807) is 10.9 Å². The smallest absolute Gasteiger partial charge is 0.261 e. The maximum absolute atomic E-state index is 12.7. The fraction of sp³-hybridized carbons (Fsp3) is 0.368. The molecular formula is C19H19N5O2. The van der Waals surface area contributed by atoms with Gasteiger partial charge in [-0.25, -0.2) is 14.6 Å². The van der Waals surface area contributed by atoms with Crippen LogP contribution in [0.4, 0.5) is 0 Å². The number of aromatic amines is 1. The molecule has 3 heterocycles. The van der Waals surface area contributed by atoms with E-state index >= 15 is 0 Å². The zero-order chi connectivity index (χ0) is 17.5. The SMILES string of the molecule is O=c1[nH]c(C2CC2)ncc1-c1nc([C@@H]2CCOC2)nn1-c1ccccc1. The quantitative estimate of drug-likeness (QED) is 0.782. The van der Waals surface area contributed by atoms with Gasteiger partial charge in [0.2, 0.25) is 0 Å². The second-order valence-electron chi connectivity index (χ2n) is 6.89. The summed E-state index contributed by atoms with van der Waals surface area (Å²) in [5, 5.41) is 4.69. The van der Waals surface area contributed by atoms with E-state index in [1.807, 2.05) is 30.3 Å². The number of benzene rings is 1. The van der Waals surface area contributed by atoms with Crippen LogP contribution in [0.5, 0.6) is 0 Å². The number of para-hydroxylation sites is 1. The average Bonchev–Trinajstić information content (AvgIpc) is 3.20. The summed E-state index contributed by atoms with van der Waals surface area (Å²) >= 11 is 0. The Balaban J connectivity index is 1.63. The van der Waals surface area contributed by atoms with Gasteiger partial charge in [-0.2, -0.15) is 5.10 Å². The molecule has 1 aliphatic heterocycles. The topological polar surface area (TPSA) is 85.7 Å². The Hall–Kier alpha value is -2.80. The molecule has 3 aromatic rings. The van der Waals surface area contributed by atoms with Gasteiger partial charge < -0.3 is 9.72 Å². The van der Waals surface area contributed by atoms with Crippen LogP contribution in [0.3, 0.4) is 0 Å². The molecule has 2 fully saturated rings. The van der Waals surface area contributed by atoms with Crippen molar-refractivity contribution in [2.45, 2.75) is 31.1 Å². The highest BCUT2D eigenvalue weighted by Gasteiger charge is 2.28. The fourth-order valence-corrected chi connectivity index (χ4v) is 3.29. The molecule has 132 valence electrons. The number of aromatic nitrogens is 5. The molecule has 26 heavy (non-hydrogen) atoms. The van der Waals surface area contributed by atoms with Crippen LogP contribution in [-0.4, -0.2) is 37.9 Å². The van der Waals surface area contributed by atoms with Crippen molar-refractivity contribution in [2.75, 3.05) is 13.2 Å². The van der Waals surface area contributed by atoms with Gasteiger partial charge in [0.25, 0.3) is 5.56 Å². The second kappa shape index (κ2) is 6.17. The molecule has 1 aromatic carbocycles. The number of nitrogens with zero attached hydrogens (tertiary/aromatic N) is 4. The van der Waals surface area contributed by atoms with Crippen LogP contribution in [0, 0.1) is 0 Å². The first kappa shape index (κ1) is 15.5. The molecule has 1 atom stereocenters. The van der Waals surface area contributed by atoms with Gasteiger partial charge >= 0.3 is 0 Å². The van der Waals surface area contributed by atoms with Crippen molar-refractivity contribution in [3.05, 3.63) is 58.5 Å². The summed E-state index contributed by atoms with van der Waals surface area (Å²) in [6.45, 7) is 1.34. The van der Waals surface area contributed by atoms with E-state index in [2.05, 4.69) is 9.97 Å². The van der Waals surface area contributed by atoms with E-state index < -0.39 is 0 Å². The van der Waals surface area contributed by atoms with Gasteiger partial charge in [-0.3, -0.25) is 4.79 Å². The normalized spacial score (nSPS) is 19.8. The van der Waals surface area contributed by atoms with Gasteiger partial charge in [0, 0.05) is 24.6 Å². The number of ether oxygens (including phenoxy) is 1. The van der Waals surface area contributed by atoms with Crippen molar-refractivity contribution in [1.29, 1.82) is 0 Å². The summed E-state index contributed by atoms with van der Waals surface area (Å²) in [5.41, 5.74) is 1.14. The summed E-state index contributed by atoms with van der Waals surface area (Å²) in [7, 11) is 0. The van der Waals surface area contributed by atoms with E-state index in [4.69, 9.17) is 14.8 Å². The highest BCUT2D eigenvalue weighted by molar-refractivity contribution is 5.56.